The molecule has 3 saturated carbocycles. The number of carbonyl (C=O) groups excluding carboxylic acids is 1. The number of carbonyl (C=O) groups is 1. The van der Waals surface area contributed by atoms with Crippen molar-refractivity contribution in [1.29, 1.82) is 0 Å². The summed E-state index contributed by atoms with van der Waals surface area (Å²) in [6.07, 6.45) is 18.0. The minimum Gasteiger partial charge on any atom is -0.484 e. The first kappa shape index (κ1) is 34.9. The number of Topliss-reactive ketones (excluding diaryl/α,β-unsaturated/α-hetero) is 1. The van der Waals surface area contributed by atoms with E-state index in [9.17, 15) is 4.79 Å². The van der Waals surface area contributed by atoms with E-state index < -0.39 is 0 Å². The van der Waals surface area contributed by atoms with Crippen LogP contribution in [0.5, 0.6) is 5.75 Å². The summed E-state index contributed by atoms with van der Waals surface area (Å²) in [5, 5.41) is 0. The summed E-state index contributed by atoms with van der Waals surface area (Å²) in [7, 11) is 0. The fraction of sp³-hybridized carbons (Fsp3) is 0.757. The van der Waals surface area contributed by atoms with Gasteiger partial charge < -0.3 is 9.47 Å². The number of hydrogen-bond donors (Lipinski definition) is 0. The Labute approximate surface area is 302 Å². The molecule has 4 aliphatic rings. The quantitative estimate of drug-likeness (QED) is 0.155. The molecule has 0 N–H and O–H groups in total. The van der Waals surface area contributed by atoms with Crippen molar-refractivity contribution in [3.63, 3.8) is 0 Å². The summed E-state index contributed by atoms with van der Waals surface area (Å²) in [5.74, 6) is 6.17. The summed E-state index contributed by atoms with van der Waals surface area (Å²) >= 11 is 6.88. The second kappa shape index (κ2) is 14.8. The average molecular weight is 927 g/mol. The van der Waals surface area contributed by atoms with Crippen molar-refractivity contribution in [2.45, 2.75) is 118 Å². The Morgan fingerprint density at radius 2 is 1.72 bits per heavy atom. The molecular weight excluding hydrogens is 873 g/mol. The fourth-order valence-electron chi connectivity index (χ4n) is 10.0. The van der Waals surface area contributed by atoms with E-state index in [-0.39, 0.29) is 18.5 Å². The van der Waals surface area contributed by atoms with Crippen LogP contribution in [0, 0.1) is 57.0 Å². The normalized spacial score (nSPS) is 34.3. The molecule has 0 aromatic heterocycles. The fourth-order valence-corrected chi connectivity index (χ4v) is 13.9. The van der Waals surface area contributed by atoms with Gasteiger partial charge in [0.1, 0.15) is 12.4 Å². The van der Waals surface area contributed by atoms with Gasteiger partial charge in [0.05, 0.1) is 19.9 Å². The second-order valence-corrected chi connectivity index (χ2v) is 18.9. The zero-order valence-electron chi connectivity index (χ0n) is 27.0. The number of ketones is 1. The predicted molar refractivity (Wildman–Crippen MR) is 202 cm³/mol. The lowest BCUT2D eigenvalue weighted by Gasteiger charge is -2.58. The highest BCUT2D eigenvalue weighted by Crippen LogP contribution is 2.67. The van der Waals surface area contributed by atoms with E-state index in [4.69, 9.17) is 9.47 Å². The summed E-state index contributed by atoms with van der Waals surface area (Å²) < 4.78 is 15.5. The van der Waals surface area contributed by atoms with Crippen molar-refractivity contribution < 1.29 is 14.3 Å². The molecule has 6 heteroatoms. The smallest absolute Gasteiger partial charge is 0.172 e. The first-order chi connectivity index (χ1) is 20.4. The van der Waals surface area contributed by atoms with Gasteiger partial charge >= 0.3 is 0 Å². The highest BCUT2D eigenvalue weighted by molar-refractivity contribution is 14.1. The van der Waals surface area contributed by atoms with Crippen LogP contribution in [0.25, 0.3) is 0 Å². The van der Waals surface area contributed by atoms with Gasteiger partial charge in [-0.1, -0.05) is 65.5 Å². The van der Waals surface area contributed by atoms with Gasteiger partial charge in [0.2, 0.25) is 0 Å². The summed E-state index contributed by atoms with van der Waals surface area (Å²) in [5.41, 5.74) is 2.56. The van der Waals surface area contributed by atoms with Gasteiger partial charge in [0, 0.05) is 9.99 Å². The topological polar surface area (TPSA) is 35.5 Å². The first-order valence-corrected chi connectivity index (χ1v) is 20.3. The summed E-state index contributed by atoms with van der Waals surface area (Å²) in [6, 6.07) is 4.16. The van der Waals surface area contributed by atoms with E-state index in [2.05, 4.69) is 121 Å². The molecule has 1 aromatic carbocycles. The molecule has 0 spiro atoms. The highest BCUT2D eigenvalue weighted by atomic mass is 127. The monoisotopic (exact) mass is 926 g/mol. The summed E-state index contributed by atoms with van der Waals surface area (Å²) in [4.78, 5) is 12.6. The van der Waals surface area contributed by atoms with Gasteiger partial charge in [0.25, 0.3) is 0 Å². The van der Waals surface area contributed by atoms with Crippen LogP contribution in [0.4, 0.5) is 0 Å². The lowest BCUT2D eigenvalue weighted by molar-refractivity contribution is -0.123. The molecule has 43 heavy (non-hydrogen) atoms. The zero-order chi connectivity index (χ0) is 30.9. The van der Waals surface area contributed by atoms with Crippen LogP contribution in [0.3, 0.4) is 0 Å². The van der Waals surface area contributed by atoms with Crippen LogP contribution in [-0.2, 0) is 9.53 Å². The molecule has 0 bridgehead atoms. The van der Waals surface area contributed by atoms with Gasteiger partial charge in [-0.05, 0) is 178 Å². The van der Waals surface area contributed by atoms with Crippen molar-refractivity contribution >= 4 is 73.6 Å². The number of allylic oxidation sites excluding steroid dienone is 1. The molecule has 240 valence electrons. The number of ether oxygens (including phenoxy) is 2. The van der Waals surface area contributed by atoms with Crippen molar-refractivity contribution in [1.82, 2.24) is 0 Å². The number of fused-ring (bicyclic) bond motifs is 5. The Morgan fingerprint density at radius 3 is 2.44 bits per heavy atom. The van der Waals surface area contributed by atoms with Gasteiger partial charge in [-0.3, -0.25) is 4.79 Å². The van der Waals surface area contributed by atoms with Crippen LogP contribution in [-0.4, -0.2) is 25.1 Å². The Balaban J connectivity index is 1.12. The van der Waals surface area contributed by atoms with E-state index in [0.29, 0.717) is 23.9 Å². The Bertz CT molecular complexity index is 1160. The Hall–Kier alpha value is 0.580. The predicted octanol–water partition coefficient (Wildman–Crippen LogP) is 11.3. The van der Waals surface area contributed by atoms with Gasteiger partial charge in [0.15, 0.2) is 5.78 Å². The van der Waals surface area contributed by atoms with Crippen molar-refractivity contribution in [2.24, 2.45) is 46.3 Å². The lowest BCUT2D eigenvalue weighted by atomic mass is 9.47. The van der Waals surface area contributed by atoms with Gasteiger partial charge in [-0.15, -0.1) is 0 Å². The molecule has 3 fully saturated rings. The molecule has 4 aliphatic carbocycles. The maximum absolute atomic E-state index is 12.6. The number of hydrogen-bond acceptors (Lipinski definition) is 3. The molecule has 0 radical (unpaired) electrons. The molecule has 5 rings (SSSR count). The van der Waals surface area contributed by atoms with E-state index in [0.717, 1.165) is 61.2 Å². The maximum atomic E-state index is 12.6. The molecule has 0 saturated heterocycles. The molecule has 0 aliphatic heterocycles. The molecule has 0 unspecified atom stereocenters. The van der Waals surface area contributed by atoms with Crippen molar-refractivity contribution in [3.8, 4) is 5.75 Å². The van der Waals surface area contributed by atoms with Gasteiger partial charge in [-0.2, -0.15) is 0 Å². The van der Waals surface area contributed by atoms with E-state index in [1.807, 2.05) is 0 Å². The Morgan fingerprint density at radius 1 is 0.977 bits per heavy atom. The minimum absolute atomic E-state index is 0.111. The molecular formula is C37H53I3O3. The molecule has 8 atom stereocenters. The maximum Gasteiger partial charge on any atom is 0.172 e. The zero-order valence-corrected chi connectivity index (χ0v) is 33.5. The SMILES string of the molecule is CC(C)CCC[C@@H](C)[C@H]1CC[C@H]2[C@@H]3CC=C4C[C@@H](OCCC(=O)COc5c(I)cc(I)cc5I)CC[C@]4(C)[C@H]3CC[C@]12C. The largest absolute Gasteiger partial charge is 0.484 e. The molecule has 1 aromatic rings. The van der Waals surface area contributed by atoms with Crippen molar-refractivity contribution in [3.05, 3.63) is 34.5 Å². The van der Waals surface area contributed by atoms with Crippen molar-refractivity contribution in [2.75, 3.05) is 13.2 Å². The van der Waals surface area contributed by atoms with Gasteiger partial charge in [-0.25, -0.2) is 0 Å². The standard InChI is InChI=1S/C37H53I3O3/c1-23(2)7-6-8-24(3)30-11-12-31-29-10-9-25-19-28(13-16-36(25,4)32(29)14-17-37(30,31)5)42-18-15-27(41)22-43-35-33(39)20-26(38)21-34(35)40/h9,20-21,23-24,28-32H,6-8,10-19,22H2,1-5H3/t24-,28+,29+,30-,31+,32+,36+,37-/m1/s1. The van der Waals surface area contributed by atoms with E-state index >= 15 is 0 Å². The van der Waals surface area contributed by atoms with E-state index in [1.165, 1.54) is 61.4 Å². The highest BCUT2D eigenvalue weighted by Gasteiger charge is 2.59. The number of halogens is 3. The minimum atomic E-state index is 0.111. The second-order valence-electron chi connectivity index (χ2n) is 15.3. The van der Waals surface area contributed by atoms with Crippen LogP contribution in [0.1, 0.15) is 112 Å². The van der Waals surface area contributed by atoms with Crippen LogP contribution < -0.4 is 4.74 Å². The van der Waals surface area contributed by atoms with Crippen LogP contribution in [0.2, 0.25) is 0 Å². The molecule has 0 amide bonds. The molecule has 0 heterocycles. The lowest BCUT2D eigenvalue weighted by Crippen LogP contribution is -2.51. The third-order valence-electron chi connectivity index (χ3n) is 12.3. The number of rotatable bonds is 12. The Kier molecular flexibility index (Phi) is 12.0. The van der Waals surface area contributed by atoms with E-state index in [1.54, 1.807) is 5.57 Å². The first-order valence-electron chi connectivity index (χ1n) is 17.0. The average Bonchev–Trinajstić information content (AvgIpc) is 3.29. The summed E-state index contributed by atoms with van der Waals surface area (Å²) in [6.45, 7) is 13.2. The van der Waals surface area contributed by atoms with Crippen LogP contribution >= 0.6 is 67.8 Å². The van der Waals surface area contributed by atoms with Crippen LogP contribution in [0.15, 0.2) is 23.8 Å². The third kappa shape index (κ3) is 7.68. The molecule has 3 nitrogen and oxygen atoms in total. The number of benzene rings is 1. The third-order valence-corrected chi connectivity index (χ3v) is 14.6.